The summed E-state index contributed by atoms with van der Waals surface area (Å²) in [7, 11) is 0. The normalized spacial score (nSPS) is 15.6. The molecular weight excluding hydrogens is 361 g/mol. The van der Waals surface area contributed by atoms with Crippen molar-refractivity contribution in [3.05, 3.63) is 69.7 Å². The van der Waals surface area contributed by atoms with Crippen molar-refractivity contribution >= 4 is 40.7 Å². The molecule has 0 atom stereocenters. The van der Waals surface area contributed by atoms with E-state index in [1.807, 2.05) is 6.08 Å². The Kier molecular flexibility index (Phi) is 5.24. The summed E-state index contributed by atoms with van der Waals surface area (Å²) in [5.74, 6) is -1.17. The standard InChI is InChI=1S/C16H12Cl2F2N2S/c17-12-2-1-3-13(18)16(12)10-6-7-22(21-9-10)23-15-5-4-11(19)8-14(15)20/h1-6,8,21H,7,9H2. The van der Waals surface area contributed by atoms with Crippen LogP contribution in [0.15, 0.2) is 47.4 Å². The zero-order chi connectivity index (χ0) is 16.4. The first-order chi connectivity index (χ1) is 11.0. The quantitative estimate of drug-likeness (QED) is 0.747. The minimum atomic E-state index is -0.589. The van der Waals surface area contributed by atoms with E-state index in [4.69, 9.17) is 23.2 Å². The number of hydrogen-bond donors (Lipinski definition) is 1. The lowest BCUT2D eigenvalue weighted by Crippen LogP contribution is -2.37. The van der Waals surface area contributed by atoms with Crippen LogP contribution < -0.4 is 5.43 Å². The molecule has 0 saturated heterocycles. The molecule has 120 valence electrons. The van der Waals surface area contributed by atoms with Gasteiger partial charge in [-0.1, -0.05) is 35.3 Å². The van der Waals surface area contributed by atoms with Crippen LogP contribution in [-0.2, 0) is 0 Å². The number of nitrogens with zero attached hydrogens (tertiary/aromatic N) is 1. The molecule has 3 rings (SSSR count). The Morgan fingerprint density at radius 1 is 1.09 bits per heavy atom. The van der Waals surface area contributed by atoms with Crippen LogP contribution in [0.4, 0.5) is 8.78 Å². The van der Waals surface area contributed by atoms with E-state index in [-0.39, 0.29) is 0 Å². The summed E-state index contributed by atoms with van der Waals surface area (Å²) < 4.78 is 28.4. The zero-order valence-corrected chi connectivity index (χ0v) is 14.2. The second-order valence-electron chi connectivity index (χ2n) is 4.89. The lowest BCUT2D eigenvalue weighted by atomic mass is 10.0. The third kappa shape index (κ3) is 3.87. The molecule has 7 heteroatoms. The fourth-order valence-corrected chi connectivity index (χ4v) is 3.67. The van der Waals surface area contributed by atoms with E-state index in [2.05, 4.69) is 5.43 Å². The molecule has 2 nitrogen and oxygen atoms in total. The van der Waals surface area contributed by atoms with Gasteiger partial charge in [0, 0.05) is 34.8 Å². The molecule has 1 heterocycles. The van der Waals surface area contributed by atoms with Crippen LogP contribution in [0.1, 0.15) is 5.56 Å². The fourth-order valence-electron chi connectivity index (χ4n) is 2.24. The van der Waals surface area contributed by atoms with Crippen molar-refractivity contribution in [2.45, 2.75) is 4.90 Å². The van der Waals surface area contributed by atoms with Gasteiger partial charge in [0.25, 0.3) is 0 Å². The number of halogens is 4. The van der Waals surface area contributed by atoms with Crippen LogP contribution >= 0.6 is 35.1 Å². The Hall–Kier alpha value is -1.11. The topological polar surface area (TPSA) is 15.3 Å². The predicted molar refractivity (Wildman–Crippen MR) is 91.4 cm³/mol. The largest absolute Gasteiger partial charge is 0.240 e. The van der Waals surface area contributed by atoms with Crippen molar-refractivity contribution in [1.82, 2.24) is 9.84 Å². The van der Waals surface area contributed by atoms with Crippen molar-refractivity contribution in [1.29, 1.82) is 0 Å². The Morgan fingerprint density at radius 2 is 1.83 bits per heavy atom. The van der Waals surface area contributed by atoms with Gasteiger partial charge in [0.05, 0.1) is 4.90 Å². The first-order valence-corrected chi connectivity index (χ1v) is 8.35. The second-order valence-corrected chi connectivity index (χ2v) is 6.77. The monoisotopic (exact) mass is 372 g/mol. The van der Waals surface area contributed by atoms with Gasteiger partial charge in [-0.25, -0.2) is 14.2 Å². The molecule has 0 amide bonds. The summed E-state index contributed by atoms with van der Waals surface area (Å²) in [4.78, 5) is 0.353. The van der Waals surface area contributed by atoms with Gasteiger partial charge in [0.2, 0.25) is 0 Å². The van der Waals surface area contributed by atoms with Crippen LogP contribution in [-0.4, -0.2) is 17.5 Å². The molecule has 0 unspecified atom stereocenters. The highest BCUT2D eigenvalue weighted by molar-refractivity contribution is 7.97. The molecular formula is C16H12Cl2F2N2S. The Morgan fingerprint density at radius 3 is 2.43 bits per heavy atom. The van der Waals surface area contributed by atoms with Gasteiger partial charge >= 0.3 is 0 Å². The molecule has 0 aliphatic carbocycles. The lowest BCUT2D eigenvalue weighted by Gasteiger charge is -2.27. The fraction of sp³-hybridized carbons (Fsp3) is 0.125. The summed E-state index contributed by atoms with van der Waals surface area (Å²) in [5.41, 5.74) is 4.95. The Labute approximate surface area is 147 Å². The molecule has 0 radical (unpaired) electrons. The summed E-state index contributed by atoms with van der Waals surface area (Å²) in [6, 6.07) is 8.90. The number of benzene rings is 2. The third-order valence-corrected chi connectivity index (χ3v) is 4.99. The molecule has 0 spiro atoms. The average molecular weight is 373 g/mol. The molecule has 0 bridgehead atoms. The number of hydrogen-bond acceptors (Lipinski definition) is 3. The highest BCUT2D eigenvalue weighted by Gasteiger charge is 2.18. The van der Waals surface area contributed by atoms with Crippen molar-refractivity contribution < 1.29 is 8.78 Å². The number of hydrazine groups is 1. The SMILES string of the molecule is Fc1ccc(SN2CC=C(c3c(Cl)cccc3Cl)CN2)c(F)c1. The maximum atomic E-state index is 13.7. The smallest absolute Gasteiger partial charge is 0.141 e. The Balaban J connectivity index is 1.73. The summed E-state index contributed by atoms with van der Waals surface area (Å²) in [5, 5.41) is 1.19. The van der Waals surface area contributed by atoms with Gasteiger partial charge in [-0.3, -0.25) is 0 Å². The minimum Gasteiger partial charge on any atom is -0.240 e. The highest BCUT2D eigenvalue weighted by Crippen LogP contribution is 2.33. The van der Waals surface area contributed by atoms with Gasteiger partial charge in [0.1, 0.15) is 11.6 Å². The predicted octanol–water partition coefficient (Wildman–Crippen LogP) is 5.18. The van der Waals surface area contributed by atoms with Crippen LogP contribution in [0.2, 0.25) is 10.0 Å². The molecule has 1 aliphatic heterocycles. The summed E-state index contributed by atoms with van der Waals surface area (Å²) in [6.07, 6.45) is 1.98. The molecule has 0 fully saturated rings. The van der Waals surface area contributed by atoms with Crippen LogP contribution in [0.5, 0.6) is 0 Å². The number of nitrogens with one attached hydrogen (secondary N) is 1. The molecule has 2 aromatic rings. The van der Waals surface area contributed by atoms with E-state index < -0.39 is 11.6 Å². The molecule has 1 aliphatic rings. The van der Waals surface area contributed by atoms with Gasteiger partial charge < -0.3 is 0 Å². The van der Waals surface area contributed by atoms with Gasteiger partial charge in [-0.05, 0) is 41.8 Å². The summed E-state index contributed by atoms with van der Waals surface area (Å²) >= 11 is 13.6. The average Bonchev–Trinajstić information content (AvgIpc) is 2.51. The van der Waals surface area contributed by atoms with E-state index in [1.54, 1.807) is 22.6 Å². The highest BCUT2D eigenvalue weighted by atomic mass is 35.5. The first kappa shape index (κ1) is 16.7. The number of rotatable bonds is 3. The van der Waals surface area contributed by atoms with Gasteiger partial charge in [0.15, 0.2) is 0 Å². The van der Waals surface area contributed by atoms with Gasteiger partial charge in [-0.15, -0.1) is 0 Å². The summed E-state index contributed by atoms with van der Waals surface area (Å²) in [6.45, 7) is 1.04. The van der Waals surface area contributed by atoms with E-state index in [0.29, 0.717) is 28.0 Å². The first-order valence-electron chi connectivity index (χ1n) is 6.82. The van der Waals surface area contributed by atoms with Crippen LogP contribution in [0.3, 0.4) is 0 Å². The molecule has 0 saturated carbocycles. The van der Waals surface area contributed by atoms with Crippen molar-refractivity contribution in [3.8, 4) is 0 Å². The van der Waals surface area contributed by atoms with Crippen molar-refractivity contribution in [3.63, 3.8) is 0 Å². The van der Waals surface area contributed by atoms with Crippen molar-refractivity contribution in [2.24, 2.45) is 0 Å². The molecule has 0 aromatic heterocycles. The Bertz CT molecular complexity index is 747. The van der Waals surface area contributed by atoms with E-state index >= 15 is 0 Å². The zero-order valence-electron chi connectivity index (χ0n) is 11.8. The maximum Gasteiger partial charge on any atom is 0.141 e. The van der Waals surface area contributed by atoms with Crippen LogP contribution in [0.25, 0.3) is 5.57 Å². The second kappa shape index (κ2) is 7.20. The van der Waals surface area contributed by atoms with E-state index in [0.717, 1.165) is 17.2 Å². The maximum absolute atomic E-state index is 13.7. The van der Waals surface area contributed by atoms with E-state index in [1.165, 1.54) is 24.1 Å². The third-order valence-electron chi connectivity index (χ3n) is 3.34. The van der Waals surface area contributed by atoms with Crippen LogP contribution in [0, 0.1) is 11.6 Å². The van der Waals surface area contributed by atoms with Crippen molar-refractivity contribution in [2.75, 3.05) is 13.1 Å². The van der Waals surface area contributed by atoms with Gasteiger partial charge in [-0.2, -0.15) is 4.41 Å². The molecule has 1 N–H and O–H groups in total. The molecule has 2 aromatic carbocycles. The minimum absolute atomic E-state index is 0.353. The lowest BCUT2D eigenvalue weighted by molar-refractivity contribution is 0.394. The molecule has 23 heavy (non-hydrogen) atoms. The van der Waals surface area contributed by atoms with E-state index in [9.17, 15) is 8.78 Å².